The molecule has 5 nitrogen and oxygen atoms in total. The van der Waals surface area contributed by atoms with E-state index in [1.165, 1.54) is 21.3 Å². The van der Waals surface area contributed by atoms with Crippen molar-refractivity contribution in [3.05, 3.63) is 17.7 Å². The highest BCUT2D eigenvalue weighted by molar-refractivity contribution is 5.50. The molecule has 0 aliphatic heterocycles. The Morgan fingerprint density at radius 1 is 1.05 bits per heavy atom. The molecular formula is C13H19F2NO4. The highest BCUT2D eigenvalue weighted by atomic mass is 19.3. The first-order chi connectivity index (χ1) is 9.47. The molecule has 1 aromatic carbocycles. The van der Waals surface area contributed by atoms with Gasteiger partial charge in [-0.15, -0.1) is 0 Å². The van der Waals surface area contributed by atoms with Crippen LogP contribution in [-0.4, -0.2) is 45.5 Å². The maximum Gasteiger partial charge on any atom is 0.282 e. The predicted molar refractivity (Wildman–Crippen MR) is 69.8 cm³/mol. The first kappa shape index (κ1) is 16.5. The first-order valence-electron chi connectivity index (χ1n) is 5.95. The normalized spacial score (nSPS) is 11.3. The number of methoxy groups -OCH3 is 3. The Hall–Kier alpha value is -1.60. The Morgan fingerprint density at radius 2 is 1.60 bits per heavy atom. The average molecular weight is 291 g/mol. The predicted octanol–water partition coefficient (Wildman–Crippen LogP) is 1.43. The van der Waals surface area contributed by atoms with Crippen molar-refractivity contribution >= 4 is 0 Å². The maximum atomic E-state index is 12.9. The van der Waals surface area contributed by atoms with Crippen molar-refractivity contribution in [1.29, 1.82) is 0 Å². The number of benzene rings is 1. The monoisotopic (exact) mass is 291 g/mol. The van der Waals surface area contributed by atoms with Gasteiger partial charge >= 0.3 is 0 Å². The van der Waals surface area contributed by atoms with Crippen molar-refractivity contribution in [2.45, 2.75) is 12.5 Å². The van der Waals surface area contributed by atoms with Gasteiger partial charge in [-0.1, -0.05) is 0 Å². The Kier molecular flexibility index (Phi) is 5.97. The molecule has 2 N–H and O–H groups in total. The summed E-state index contributed by atoms with van der Waals surface area (Å²) < 4.78 is 41.3. The molecule has 0 saturated carbocycles. The minimum atomic E-state index is -3.15. The van der Waals surface area contributed by atoms with E-state index in [1.807, 2.05) is 0 Å². The van der Waals surface area contributed by atoms with E-state index in [4.69, 9.17) is 19.3 Å². The molecule has 0 aromatic heterocycles. The topological polar surface area (TPSA) is 60.0 Å². The van der Waals surface area contributed by atoms with Crippen LogP contribution >= 0.6 is 0 Å². The largest absolute Gasteiger partial charge is 0.496 e. The zero-order valence-electron chi connectivity index (χ0n) is 11.7. The van der Waals surface area contributed by atoms with Gasteiger partial charge in [0.1, 0.15) is 12.4 Å². The second-order valence-electron chi connectivity index (χ2n) is 4.14. The summed E-state index contributed by atoms with van der Waals surface area (Å²) in [7, 11) is 4.46. The molecule has 114 valence electrons. The van der Waals surface area contributed by atoms with E-state index in [0.29, 0.717) is 22.8 Å². The zero-order chi connectivity index (χ0) is 15.2. The second-order valence-corrected chi connectivity index (χ2v) is 4.14. The fourth-order valence-electron chi connectivity index (χ4n) is 1.67. The highest BCUT2D eigenvalue weighted by Gasteiger charge is 2.27. The second kappa shape index (κ2) is 7.25. The van der Waals surface area contributed by atoms with Gasteiger partial charge in [-0.05, 0) is 6.07 Å². The number of hydrogen-bond donors (Lipinski definition) is 2. The molecule has 0 spiro atoms. The zero-order valence-corrected chi connectivity index (χ0v) is 11.7. The summed E-state index contributed by atoms with van der Waals surface area (Å²) in [6, 6.07) is 3.28. The van der Waals surface area contributed by atoms with Gasteiger partial charge in [0.25, 0.3) is 5.92 Å². The Bertz CT molecular complexity index is 441. The number of rotatable bonds is 8. The highest BCUT2D eigenvalue weighted by Crippen LogP contribution is 2.34. The minimum Gasteiger partial charge on any atom is -0.496 e. The van der Waals surface area contributed by atoms with Crippen molar-refractivity contribution in [2.24, 2.45) is 0 Å². The van der Waals surface area contributed by atoms with Crippen molar-refractivity contribution in [2.75, 3.05) is 34.5 Å². The number of hydrogen-bond acceptors (Lipinski definition) is 5. The molecule has 0 amide bonds. The van der Waals surface area contributed by atoms with Gasteiger partial charge in [0.15, 0.2) is 11.5 Å². The summed E-state index contributed by atoms with van der Waals surface area (Å²) in [5.74, 6) is -1.67. The minimum absolute atomic E-state index is 0.152. The SMILES string of the molecule is COc1cc(OC)c(OC)cc1CNCC(F)(F)CO. The van der Waals surface area contributed by atoms with Gasteiger partial charge in [-0.25, -0.2) is 8.78 Å². The molecule has 0 unspecified atom stereocenters. The van der Waals surface area contributed by atoms with Crippen LogP contribution in [0.1, 0.15) is 5.56 Å². The molecule has 0 aliphatic rings. The van der Waals surface area contributed by atoms with Crippen LogP contribution < -0.4 is 19.5 Å². The van der Waals surface area contributed by atoms with Gasteiger partial charge in [-0.2, -0.15) is 0 Å². The molecule has 0 radical (unpaired) electrons. The van der Waals surface area contributed by atoms with Crippen LogP contribution in [0.2, 0.25) is 0 Å². The van der Waals surface area contributed by atoms with Crippen LogP contribution in [0.25, 0.3) is 0 Å². The molecule has 0 bridgehead atoms. The van der Waals surface area contributed by atoms with E-state index in [-0.39, 0.29) is 6.54 Å². The quantitative estimate of drug-likeness (QED) is 0.759. The molecule has 0 heterocycles. The lowest BCUT2D eigenvalue weighted by Crippen LogP contribution is -2.35. The fourth-order valence-corrected chi connectivity index (χ4v) is 1.67. The molecule has 1 aromatic rings. The molecule has 1 rings (SSSR count). The first-order valence-corrected chi connectivity index (χ1v) is 5.95. The van der Waals surface area contributed by atoms with Crippen LogP contribution in [-0.2, 0) is 6.54 Å². The van der Waals surface area contributed by atoms with Crippen molar-refractivity contribution in [3.63, 3.8) is 0 Å². The Labute approximate surface area is 116 Å². The van der Waals surface area contributed by atoms with Crippen LogP contribution in [0.15, 0.2) is 12.1 Å². The maximum absolute atomic E-state index is 12.9. The van der Waals surface area contributed by atoms with E-state index < -0.39 is 19.1 Å². The summed E-state index contributed by atoms with van der Waals surface area (Å²) in [6.45, 7) is -1.66. The number of ether oxygens (including phenoxy) is 3. The molecule has 0 aliphatic carbocycles. The van der Waals surface area contributed by atoms with Crippen LogP contribution in [0.3, 0.4) is 0 Å². The van der Waals surface area contributed by atoms with Crippen molar-refractivity contribution in [1.82, 2.24) is 5.32 Å². The van der Waals surface area contributed by atoms with E-state index in [9.17, 15) is 8.78 Å². The van der Waals surface area contributed by atoms with Crippen LogP contribution in [0, 0.1) is 0 Å². The molecule has 0 saturated heterocycles. The summed E-state index contributed by atoms with van der Waals surface area (Å²) in [5.41, 5.74) is 0.652. The number of aliphatic hydroxyl groups excluding tert-OH is 1. The summed E-state index contributed by atoms with van der Waals surface area (Å²) >= 11 is 0. The van der Waals surface area contributed by atoms with Crippen LogP contribution in [0.5, 0.6) is 17.2 Å². The lowest BCUT2D eigenvalue weighted by atomic mass is 10.1. The van der Waals surface area contributed by atoms with Gasteiger partial charge in [-0.3, -0.25) is 0 Å². The number of alkyl halides is 2. The fraction of sp³-hybridized carbons (Fsp3) is 0.538. The van der Waals surface area contributed by atoms with Gasteiger partial charge < -0.3 is 24.6 Å². The number of halogens is 2. The van der Waals surface area contributed by atoms with Gasteiger partial charge in [0.2, 0.25) is 0 Å². The molecule has 0 atom stereocenters. The number of nitrogens with one attached hydrogen (secondary N) is 1. The van der Waals surface area contributed by atoms with Crippen molar-refractivity contribution in [3.8, 4) is 17.2 Å². The summed E-state index contributed by atoms with van der Waals surface area (Å²) in [6.07, 6.45) is 0. The van der Waals surface area contributed by atoms with E-state index in [0.717, 1.165) is 0 Å². The third-order valence-corrected chi connectivity index (χ3v) is 2.72. The van der Waals surface area contributed by atoms with E-state index >= 15 is 0 Å². The van der Waals surface area contributed by atoms with Gasteiger partial charge in [0, 0.05) is 18.2 Å². The lowest BCUT2D eigenvalue weighted by molar-refractivity contribution is -0.0478. The molecule has 20 heavy (non-hydrogen) atoms. The Balaban J connectivity index is 2.83. The molecular weight excluding hydrogens is 272 g/mol. The van der Waals surface area contributed by atoms with Gasteiger partial charge in [0.05, 0.1) is 27.9 Å². The smallest absolute Gasteiger partial charge is 0.282 e. The van der Waals surface area contributed by atoms with Crippen LogP contribution in [0.4, 0.5) is 8.78 Å². The van der Waals surface area contributed by atoms with Crippen molar-refractivity contribution < 1.29 is 28.1 Å². The standard InChI is InChI=1S/C13H19F2NO4/c1-18-10-5-12(20-3)11(19-2)4-9(10)6-16-7-13(14,15)8-17/h4-5,16-17H,6-8H2,1-3H3. The van der Waals surface area contributed by atoms with E-state index in [1.54, 1.807) is 12.1 Å². The number of aliphatic hydroxyl groups is 1. The lowest BCUT2D eigenvalue weighted by Gasteiger charge is -2.17. The Morgan fingerprint density at radius 3 is 2.10 bits per heavy atom. The molecule has 0 fully saturated rings. The molecule has 7 heteroatoms. The van der Waals surface area contributed by atoms with E-state index in [2.05, 4.69) is 5.32 Å². The average Bonchev–Trinajstić information content (AvgIpc) is 2.46. The summed E-state index contributed by atoms with van der Waals surface area (Å²) in [5, 5.41) is 11.1. The third kappa shape index (κ3) is 4.21. The summed E-state index contributed by atoms with van der Waals surface area (Å²) in [4.78, 5) is 0. The third-order valence-electron chi connectivity index (χ3n) is 2.72.